The Kier molecular flexibility index (Phi) is 5.75. The van der Waals surface area contributed by atoms with Crippen LogP contribution in [0.5, 0.6) is 0 Å². The van der Waals surface area contributed by atoms with Gasteiger partial charge in [0.05, 0.1) is 0 Å². The Morgan fingerprint density at radius 2 is 2.00 bits per heavy atom. The number of carboxylic acid groups (broad SMARTS) is 1. The zero-order chi connectivity index (χ0) is 16.0. The van der Waals surface area contributed by atoms with Crippen molar-refractivity contribution in [2.45, 2.75) is 40.0 Å². The lowest BCUT2D eigenvalue weighted by Gasteiger charge is -2.30. The molecule has 1 atom stereocenters. The van der Waals surface area contributed by atoms with Crippen LogP contribution in [0.1, 0.15) is 50.5 Å². The molecular formula is C14H23N3O4. The number of aliphatic carboxylic acids is 1. The van der Waals surface area contributed by atoms with Crippen molar-refractivity contribution >= 4 is 11.9 Å². The number of aromatic nitrogens is 2. The smallest absolute Gasteiger partial charge is 0.323 e. The molecule has 0 aliphatic heterocycles. The van der Waals surface area contributed by atoms with Crippen LogP contribution >= 0.6 is 0 Å². The number of amides is 1. The number of nitrogens with one attached hydrogen (secondary N) is 3. The van der Waals surface area contributed by atoms with E-state index in [1.165, 1.54) is 6.20 Å². The van der Waals surface area contributed by atoms with Gasteiger partial charge in [0.15, 0.2) is 0 Å². The molecule has 1 unspecified atom stereocenters. The molecule has 21 heavy (non-hydrogen) atoms. The largest absolute Gasteiger partial charge is 0.481 e. The van der Waals surface area contributed by atoms with Crippen molar-refractivity contribution in [2.75, 3.05) is 6.54 Å². The van der Waals surface area contributed by atoms with Crippen molar-refractivity contribution in [1.82, 2.24) is 15.3 Å². The summed E-state index contributed by atoms with van der Waals surface area (Å²) in [5.41, 5.74) is -0.255. The van der Waals surface area contributed by atoms with E-state index in [1.807, 2.05) is 0 Å². The minimum atomic E-state index is -0.807. The first-order valence-corrected chi connectivity index (χ1v) is 6.98. The lowest BCUT2D eigenvalue weighted by molar-refractivity contribution is -0.137. The quantitative estimate of drug-likeness (QED) is 0.608. The number of carboxylic acids is 1. The van der Waals surface area contributed by atoms with E-state index in [2.05, 4.69) is 36.1 Å². The summed E-state index contributed by atoms with van der Waals surface area (Å²) in [7, 11) is 0. The molecule has 0 radical (unpaired) electrons. The number of rotatable bonds is 7. The highest BCUT2D eigenvalue weighted by Gasteiger charge is 2.25. The maximum atomic E-state index is 11.8. The summed E-state index contributed by atoms with van der Waals surface area (Å²) < 4.78 is 0. The van der Waals surface area contributed by atoms with Gasteiger partial charge in [-0.2, -0.15) is 0 Å². The maximum Gasteiger partial charge on any atom is 0.323 e. The van der Waals surface area contributed by atoms with Gasteiger partial charge >= 0.3 is 11.7 Å². The molecule has 1 aromatic rings. The Labute approximate surface area is 123 Å². The van der Waals surface area contributed by atoms with Crippen molar-refractivity contribution in [1.29, 1.82) is 0 Å². The van der Waals surface area contributed by atoms with Crippen LogP contribution in [-0.2, 0) is 4.79 Å². The van der Waals surface area contributed by atoms with Gasteiger partial charge in [0.25, 0.3) is 5.91 Å². The van der Waals surface area contributed by atoms with Crippen molar-refractivity contribution in [3.63, 3.8) is 0 Å². The summed E-state index contributed by atoms with van der Waals surface area (Å²) in [6, 6.07) is 0. The topological polar surface area (TPSA) is 115 Å². The monoisotopic (exact) mass is 297 g/mol. The van der Waals surface area contributed by atoms with Crippen LogP contribution in [0.4, 0.5) is 0 Å². The van der Waals surface area contributed by atoms with Gasteiger partial charge in [-0.25, -0.2) is 4.79 Å². The van der Waals surface area contributed by atoms with Gasteiger partial charge in [0.2, 0.25) is 0 Å². The van der Waals surface area contributed by atoms with Crippen molar-refractivity contribution in [2.24, 2.45) is 11.3 Å². The average molecular weight is 297 g/mol. The van der Waals surface area contributed by atoms with Gasteiger partial charge in [0.1, 0.15) is 5.69 Å². The van der Waals surface area contributed by atoms with E-state index in [0.717, 1.165) is 0 Å². The summed E-state index contributed by atoms with van der Waals surface area (Å²) in [6.07, 6.45) is 2.72. The standard InChI is InChI=1S/C14H23N3O4/c1-14(2,3)9(4-5-11(18)19)6-7-15-12(20)10-8-16-13(21)17-10/h8-9H,4-7H2,1-3H3,(H,15,20)(H,18,19)(H2,16,17,21). The van der Waals surface area contributed by atoms with Crippen LogP contribution in [0.2, 0.25) is 0 Å². The second-order valence-electron chi connectivity index (χ2n) is 6.20. The molecule has 1 aromatic heterocycles. The Morgan fingerprint density at radius 1 is 1.33 bits per heavy atom. The Bertz CT molecular complexity index is 539. The number of imidazole rings is 1. The fourth-order valence-corrected chi connectivity index (χ4v) is 2.22. The molecule has 1 heterocycles. The third kappa shape index (κ3) is 5.85. The molecule has 0 spiro atoms. The molecule has 0 bridgehead atoms. The first-order valence-electron chi connectivity index (χ1n) is 6.98. The lowest BCUT2D eigenvalue weighted by atomic mass is 9.76. The van der Waals surface area contributed by atoms with E-state index in [4.69, 9.17) is 5.11 Å². The van der Waals surface area contributed by atoms with Gasteiger partial charge in [-0.05, 0) is 24.2 Å². The normalized spacial score (nSPS) is 12.9. The van der Waals surface area contributed by atoms with E-state index in [0.29, 0.717) is 19.4 Å². The highest BCUT2D eigenvalue weighted by Crippen LogP contribution is 2.32. The molecule has 0 saturated heterocycles. The van der Waals surface area contributed by atoms with Gasteiger partial charge in [-0.1, -0.05) is 20.8 Å². The molecule has 7 nitrogen and oxygen atoms in total. The molecule has 0 aromatic carbocycles. The van der Waals surface area contributed by atoms with Gasteiger partial charge < -0.3 is 20.4 Å². The Morgan fingerprint density at radius 3 is 2.48 bits per heavy atom. The zero-order valence-electron chi connectivity index (χ0n) is 12.7. The van der Waals surface area contributed by atoms with E-state index in [9.17, 15) is 14.4 Å². The van der Waals surface area contributed by atoms with Crippen LogP contribution in [-0.4, -0.2) is 33.5 Å². The molecular weight excluding hydrogens is 274 g/mol. The fourth-order valence-electron chi connectivity index (χ4n) is 2.22. The molecule has 0 saturated carbocycles. The number of H-pyrrole nitrogens is 2. The van der Waals surface area contributed by atoms with Crippen molar-refractivity contribution in [3.05, 3.63) is 22.4 Å². The number of hydrogen-bond acceptors (Lipinski definition) is 3. The second kappa shape index (κ2) is 7.10. The van der Waals surface area contributed by atoms with Gasteiger partial charge in [-0.15, -0.1) is 0 Å². The molecule has 4 N–H and O–H groups in total. The molecule has 7 heteroatoms. The van der Waals surface area contributed by atoms with E-state index >= 15 is 0 Å². The molecule has 1 rings (SSSR count). The van der Waals surface area contributed by atoms with Crippen LogP contribution in [0.25, 0.3) is 0 Å². The molecule has 0 aliphatic rings. The summed E-state index contributed by atoms with van der Waals surface area (Å²) in [6.45, 7) is 6.62. The summed E-state index contributed by atoms with van der Waals surface area (Å²) >= 11 is 0. The van der Waals surface area contributed by atoms with Crippen molar-refractivity contribution in [3.8, 4) is 0 Å². The number of aromatic amines is 2. The third-order valence-corrected chi connectivity index (χ3v) is 3.55. The SMILES string of the molecule is CC(C)(C)C(CCNC(=O)c1c[nH]c(=O)[nH]1)CCC(=O)O. The summed E-state index contributed by atoms with van der Waals surface area (Å²) in [4.78, 5) is 38.1. The van der Waals surface area contributed by atoms with Crippen LogP contribution in [0, 0.1) is 11.3 Å². The van der Waals surface area contributed by atoms with E-state index < -0.39 is 11.7 Å². The fraction of sp³-hybridized carbons (Fsp3) is 0.643. The number of carbonyl (C=O) groups excluding carboxylic acids is 1. The molecule has 0 fully saturated rings. The second-order valence-corrected chi connectivity index (χ2v) is 6.20. The minimum absolute atomic E-state index is 0.0252. The Balaban J connectivity index is 2.47. The van der Waals surface area contributed by atoms with E-state index in [-0.39, 0.29) is 29.4 Å². The number of hydrogen-bond donors (Lipinski definition) is 4. The van der Waals surface area contributed by atoms with Crippen LogP contribution in [0.15, 0.2) is 11.0 Å². The predicted octanol–water partition coefficient (Wildman–Crippen LogP) is 1.35. The molecule has 0 aliphatic carbocycles. The van der Waals surface area contributed by atoms with Crippen molar-refractivity contribution < 1.29 is 14.7 Å². The maximum absolute atomic E-state index is 11.8. The first-order chi connectivity index (χ1) is 9.70. The third-order valence-electron chi connectivity index (χ3n) is 3.55. The summed E-state index contributed by atoms with van der Waals surface area (Å²) in [5, 5.41) is 11.5. The highest BCUT2D eigenvalue weighted by molar-refractivity contribution is 5.91. The highest BCUT2D eigenvalue weighted by atomic mass is 16.4. The average Bonchev–Trinajstić information content (AvgIpc) is 2.78. The first kappa shape index (κ1) is 17.0. The molecule has 118 valence electrons. The lowest BCUT2D eigenvalue weighted by Crippen LogP contribution is -2.30. The number of carbonyl (C=O) groups is 2. The van der Waals surface area contributed by atoms with Crippen LogP contribution < -0.4 is 11.0 Å². The van der Waals surface area contributed by atoms with Gasteiger partial charge in [-0.3, -0.25) is 9.59 Å². The predicted molar refractivity (Wildman–Crippen MR) is 78.2 cm³/mol. The minimum Gasteiger partial charge on any atom is -0.481 e. The summed E-state index contributed by atoms with van der Waals surface area (Å²) in [5.74, 6) is -0.961. The van der Waals surface area contributed by atoms with Crippen LogP contribution in [0.3, 0.4) is 0 Å². The molecule has 1 amide bonds. The Hall–Kier alpha value is -2.05. The van der Waals surface area contributed by atoms with E-state index in [1.54, 1.807) is 0 Å². The van der Waals surface area contributed by atoms with Gasteiger partial charge in [0, 0.05) is 19.2 Å². The zero-order valence-corrected chi connectivity index (χ0v) is 12.7.